The Morgan fingerprint density at radius 1 is 1.37 bits per heavy atom. The molecule has 0 unspecified atom stereocenters. The van der Waals surface area contributed by atoms with Crippen molar-refractivity contribution in [3.8, 4) is 0 Å². The summed E-state index contributed by atoms with van der Waals surface area (Å²) in [4.78, 5) is 34.4. The predicted octanol–water partition coefficient (Wildman–Crippen LogP) is 3.51. The van der Waals surface area contributed by atoms with Crippen LogP contribution in [0.1, 0.15) is 12.8 Å². The van der Waals surface area contributed by atoms with Crippen LogP contribution in [0.25, 0.3) is 22.1 Å². The molecular weight excluding hydrogens is 424 g/mol. The van der Waals surface area contributed by atoms with Gasteiger partial charge in [-0.2, -0.15) is 0 Å². The molecule has 1 N–H and O–H groups in total. The number of thiazole rings is 1. The number of ether oxygens (including phenoxy) is 1. The number of nitrogens with zero attached hydrogens (tertiary/aromatic N) is 3. The minimum absolute atomic E-state index is 0.0465. The SMILES string of the molecule is O=C(CSc1nc2c(oc3ccccc32)c(=O)n1C[C@@H]1CCCO1)Nc1nccs1. The maximum Gasteiger partial charge on any atom is 0.297 e. The molecule has 5 rings (SSSR count). The summed E-state index contributed by atoms with van der Waals surface area (Å²) in [5.41, 5.74) is 1.10. The highest BCUT2D eigenvalue weighted by molar-refractivity contribution is 7.99. The van der Waals surface area contributed by atoms with Crippen molar-refractivity contribution in [2.45, 2.75) is 30.6 Å². The van der Waals surface area contributed by atoms with Gasteiger partial charge in [0.15, 0.2) is 10.3 Å². The molecular formula is C20H18N4O4S2. The van der Waals surface area contributed by atoms with Crippen LogP contribution in [0.15, 0.2) is 50.2 Å². The molecule has 0 saturated carbocycles. The smallest absolute Gasteiger partial charge is 0.297 e. The normalized spacial score (nSPS) is 16.5. The molecule has 4 aromatic rings. The first-order chi connectivity index (χ1) is 14.7. The van der Waals surface area contributed by atoms with Crippen molar-refractivity contribution in [3.63, 3.8) is 0 Å². The monoisotopic (exact) mass is 442 g/mol. The number of thioether (sulfide) groups is 1. The average Bonchev–Trinajstić information content (AvgIpc) is 3.50. The number of anilines is 1. The predicted molar refractivity (Wildman–Crippen MR) is 116 cm³/mol. The number of carbonyl (C=O) groups excluding carboxylic acids is 1. The van der Waals surface area contributed by atoms with Crippen LogP contribution in [0.5, 0.6) is 0 Å². The van der Waals surface area contributed by atoms with Crippen molar-refractivity contribution in [1.29, 1.82) is 0 Å². The second kappa shape index (κ2) is 8.21. The van der Waals surface area contributed by atoms with E-state index in [1.54, 1.807) is 16.1 Å². The number of rotatable bonds is 6. The Kier molecular flexibility index (Phi) is 5.28. The highest BCUT2D eigenvalue weighted by atomic mass is 32.2. The lowest BCUT2D eigenvalue weighted by Crippen LogP contribution is -2.29. The molecule has 8 nitrogen and oxygen atoms in total. The van der Waals surface area contributed by atoms with E-state index >= 15 is 0 Å². The zero-order valence-corrected chi connectivity index (χ0v) is 17.5. The lowest BCUT2D eigenvalue weighted by Gasteiger charge is -2.15. The van der Waals surface area contributed by atoms with Crippen molar-refractivity contribution in [2.24, 2.45) is 0 Å². The number of carbonyl (C=O) groups is 1. The largest absolute Gasteiger partial charge is 0.448 e. The summed E-state index contributed by atoms with van der Waals surface area (Å²) < 4.78 is 13.1. The van der Waals surface area contributed by atoms with Gasteiger partial charge in [0, 0.05) is 23.6 Å². The van der Waals surface area contributed by atoms with E-state index in [-0.39, 0.29) is 28.9 Å². The van der Waals surface area contributed by atoms with Gasteiger partial charge in [0.05, 0.1) is 18.4 Å². The van der Waals surface area contributed by atoms with Gasteiger partial charge < -0.3 is 14.5 Å². The van der Waals surface area contributed by atoms with E-state index in [0.717, 1.165) is 18.2 Å². The summed E-state index contributed by atoms with van der Waals surface area (Å²) in [6, 6.07) is 7.43. The highest BCUT2D eigenvalue weighted by Gasteiger charge is 2.23. The van der Waals surface area contributed by atoms with E-state index < -0.39 is 0 Å². The first-order valence-corrected chi connectivity index (χ1v) is 11.4. The lowest BCUT2D eigenvalue weighted by molar-refractivity contribution is -0.113. The molecule has 1 aliphatic rings. The molecule has 1 fully saturated rings. The fraction of sp³-hybridized carbons (Fsp3) is 0.300. The number of nitrogens with one attached hydrogen (secondary N) is 1. The van der Waals surface area contributed by atoms with Gasteiger partial charge >= 0.3 is 0 Å². The first-order valence-electron chi connectivity index (χ1n) is 9.55. The third kappa shape index (κ3) is 3.73. The molecule has 0 aliphatic carbocycles. The Balaban J connectivity index is 1.50. The summed E-state index contributed by atoms with van der Waals surface area (Å²) in [5.74, 6) is -0.0937. The standard InChI is InChI=1S/C20H18N4O4S2/c25-15(22-19-21-7-9-29-19)11-30-20-23-16-13-5-1-2-6-14(13)28-17(16)18(26)24(20)10-12-4-3-8-27-12/h1-2,5-7,9,12H,3-4,8,10-11H2,(H,21,22,25)/t12-/m0/s1. The zero-order valence-electron chi connectivity index (χ0n) is 15.9. The van der Waals surface area contributed by atoms with Gasteiger partial charge in [-0.25, -0.2) is 9.97 Å². The molecule has 10 heteroatoms. The Bertz CT molecular complexity index is 1260. The van der Waals surface area contributed by atoms with E-state index in [9.17, 15) is 9.59 Å². The number of furan rings is 1. The topological polar surface area (TPSA) is 99.2 Å². The molecule has 0 radical (unpaired) electrons. The zero-order chi connectivity index (χ0) is 20.5. The van der Waals surface area contributed by atoms with Crippen LogP contribution < -0.4 is 10.9 Å². The second-order valence-electron chi connectivity index (χ2n) is 6.90. The molecule has 3 aromatic heterocycles. The number of hydrogen-bond acceptors (Lipinski definition) is 8. The van der Waals surface area contributed by atoms with Crippen LogP contribution in [-0.2, 0) is 16.1 Å². The summed E-state index contributed by atoms with van der Waals surface area (Å²) in [5, 5.41) is 6.34. The molecule has 1 aromatic carbocycles. The van der Waals surface area contributed by atoms with E-state index in [4.69, 9.17) is 14.1 Å². The van der Waals surface area contributed by atoms with Crippen molar-refractivity contribution in [3.05, 3.63) is 46.2 Å². The fourth-order valence-corrected chi connectivity index (χ4v) is 4.83. The molecule has 1 saturated heterocycles. The maximum atomic E-state index is 13.3. The van der Waals surface area contributed by atoms with Gasteiger partial charge in [-0.05, 0) is 25.0 Å². The third-order valence-electron chi connectivity index (χ3n) is 4.87. The van der Waals surface area contributed by atoms with Crippen LogP contribution >= 0.6 is 23.1 Å². The van der Waals surface area contributed by atoms with E-state index in [1.165, 1.54) is 23.1 Å². The highest BCUT2D eigenvalue weighted by Crippen LogP contribution is 2.28. The minimum atomic E-state index is -0.255. The third-order valence-corrected chi connectivity index (χ3v) is 6.53. The number of hydrogen-bond donors (Lipinski definition) is 1. The molecule has 1 amide bonds. The molecule has 4 heterocycles. The number of benzene rings is 1. The Morgan fingerprint density at radius 2 is 2.27 bits per heavy atom. The van der Waals surface area contributed by atoms with Crippen LogP contribution in [0.2, 0.25) is 0 Å². The molecule has 30 heavy (non-hydrogen) atoms. The van der Waals surface area contributed by atoms with Crippen LogP contribution in [0, 0.1) is 0 Å². The van der Waals surface area contributed by atoms with Crippen molar-refractivity contribution >= 4 is 56.2 Å². The average molecular weight is 443 g/mol. The van der Waals surface area contributed by atoms with Gasteiger partial charge in [-0.1, -0.05) is 23.9 Å². The van der Waals surface area contributed by atoms with Crippen LogP contribution in [-0.4, -0.2) is 38.9 Å². The molecule has 1 atom stereocenters. The molecule has 1 aliphatic heterocycles. The Labute approximate surface area is 179 Å². The van der Waals surface area contributed by atoms with E-state index in [2.05, 4.69) is 10.3 Å². The molecule has 0 bridgehead atoms. The fourth-order valence-electron chi connectivity index (χ4n) is 3.49. The number of fused-ring (bicyclic) bond motifs is 3. The van der Waals surface area contributed by atoms with Gasteiger partial charge in [-0.15, -0.1) is 11.3 Å². The van der Waals surface area contributed by atoms with E-state index in [1.807, 2.05) is 24.3 Å². The van der Waals surface area contributed by atoms with Gasteiger partial charge in [0.2, 0.25) is 11.5 Å². The first kappa shape index (κ1) is 19.3. The van der Waals surface area contributed by atoms with Gasteiger partial charge in [0.1, 0.15) is 11.1 Å². The second-order valence-corrected chi connectivity index (χ2v) is 8.73. The van der Waals surface area contributed by atoms with Crippen molar-refractivity contribution in [2.75, 3.05) is 17.7 Å². The van der Waals surface area contributed by atoms with E-state index in [0.29, 0.717) is 34.5 Å². The quantitative estimate of drug-likeness (QED) is 0.360. The van der Waals surface area contributed by atoms with Crippen molar-refractivity contribution in [1.82, 2.24) is 14.5 Å². The summed E-state index contributed by atoms with van der Waals surface area (Å²) in [7, 11) is 0. The van der Waals surface area contributed by atoms with Gasteiger partial charge in [0.25, 0.3) is 5.56 Å². The van der Waals surface area contributed by atoms with Crippen LogP contribution in [0.3, 0.4) is 0 Å². The number of amides is 1. The van der Waals surface area contributed by atoms with Crippen LogP contribution in [0.4, 0.5) is 5.13 Å². The Hall–Kier alpha value is -2.69. The minimum Gasteiger partial charge on any atom is -0.448 e. The number of aromatic nitrogens is 3. The molecule has 154 valence electrons. The lowest BCUT2D eigenvalue weighted by atomic mass is 10.2. The van der Waals surface area contributed by atoms with Gasteiger partial charge in [-0.3, -0.25) is 14.2 Å². The molecule has 0 spiro atoms. The maximum absolute atomic E-state index is 13.3. The summed E-state index contributed by atoms with van der Waals surface area (Å²) in [6.07, 6.45) is 3.44. The van der Waals surface area contributed by atoms with Crippen molar-refractivity contribution < 1.29 is 13.9 Å². The Morgan fingerprint density at radius 3 is 3.07 bits per heavy atom. The summed E-state index contributed by atoms with van der Waals surface area (Å²) in [6.45, 7) is 1.08. The summed E-state index contributed by atoms with van der Waals surface area (Å²) >= 11 is 2.57. The number of para-hydroxylation sites is 1.